The number of rotatable bonds is 3. The predicted octanol–water partition coefficient (Wildman–Crippen LogP) is 6.06. The van der Waals surface area contributed by atoms with E-state index in [1.807, 2.05) is 13.0 Å². The first-order chi connectivity index (χ1) is 9.16. The van der Waals surface area contributed by atoms with Gasteiger partial charge in [0.2, 0.25) is 0 Å². The van der Waals surface area contributed by atoms with Crippen molar-refractivity contribution in [3.63, 3.8) is 0 Å². The molecule has 0 N–H and O–H groups in total. The van der Waals surface area contributed by atoms with Gasteiger partial charge in [-0.1, -0.05) is 82.7 Å². The SMILES string of the molecule is C/C(Br)=C\C=C(/C)c1ccc(-c2ccccc2)cc1. The maximum absolute atomic E-state index is 3.43. The first kappa shape index (κ1) is 13.8. The van der Waals surface area contributed by atoms with Gasteiger partial charge < -0.3 is 0 Å². The molecule has 2 aromatic rings. The van der Waals surface area contributed by atoms with Crippen LogP contribution in [-0.2, 0) is 0 Å². The molecule has 0 heterocycles. The van der Waals surface area contributed by atoms with Gasteiger partial charge in [-0.05, 0) is 40.6 Å². The van der Waals surface area contributed by atoms with Gasteiger partial charge in [0.25, 0.3) is 0 Å². The Morgan fingerprint density at radius 3 is 1.95 bits per heavy atom. The van der Waals surface area contributed by atoms with E-state index in [4.69, 9.17) is 0 Å². The van der Waals surface area contributed by atoms with E-state index in [0.717, 1.165) is 4.48 Å². The van der Waals surface area contributed by atoms with Crippen molar-refractivity contribution >= 4 is 21.5 Å². The standard InChI is InChI=1S/C18H17Br/c1-14(8-9-15(2)19)16-10-12-18(13-11-16)17-6-4-3-5-7-17/h3-13H,1-2H3/b14-8+,15-9+. The highest BCUT2D eigenvalue weighted by molar-refractivity contribution is 9.11. The molecule has 96 valence electrons. The summed E-state index contributed by atoms with van der Waals surface area (Å²) in [6.45, 7) is 4.16. The van der Waals surface area contributed by atoms with Gasteiger partial charge in [-0.3, -0.25) is 0 Å². The van der Waals surface area contributed by atoms with Crippen LogP contribution in [0.2, 0.25) is 0 Å². The molecule has 0 spiro atoms. The number of halogens is 1. The van der Waals surface area contributed by atoms with Gasteiger partial charge >= 0.3 is 0 Å². The fraction of sp³-hybridized carbons (Fsp3) is 0.111. The molecular weight excluding hydrogens is 296 g/mol. The summed E-state index contributed by atoms with van der Waals surface area (Å²) in [5.74, 6) is 0. The highest BCUT2D eigenvalue weighted by Gasteiger charge is 1.98. The largest absolute Gasteiger partial charge is 0.0622 e. The minimum atomic E-state index is 1.13. The molecule has 0 bridgehead atoms. The van der Waals surface area contributed by atoms with Crippen LogP contribution in [0.25, 0.3) is 16.7 Å². The monoisotopic (exact) mass is 312 g/mol. The van der Waals surface area contributed by atoms with Crippen LogP contribution >= 0.6 is 15.9 Å². The number of benzene rings is 2. The Labute approximate surface area is 123 Å². The number of allylic oxidation sites excluding steroid dienone is 4. The second-order valence-corrected chi connectivity index (χ2v) is 5.80. The summed E-state index contributed by atoms with van der Waals surface area (Å²) in [4.78, 5) is 0. The number of hydrogen-bond donors (Lipinski definition) is 0. The van der Waals surface area contributed by atoms with Gasteiger partial charge in [0.1, 0.15) is 0 Å². The van der Waals surface area contributed by atoms with Crippen molar-refractivity contribution in [3.05, 3.63) is 76.8 Å². The van der Waals surface area contributed by atoms with Crippen LogP contribution in [0.3, 0.4) is 0 Å². The Morgan fingerprint density at radius 1 is 0.789 bits per heavy atom. The molecule has 0 nitrogen and oxygen atoms in total. The zero-order valence-corrected chi connectivity index (χ0v) is 12.8. The van der Waals surface area contributed by atoms with E-state index in [2.05, 4.69) is 83.5 Å². The quantitative estimate of drug-likeness (QED) is 0.605. The van der Waals surface area contributed by atoms with Crippen molar-refractivity contribution < 1.29 is 0 Å². The highest BCUT2D eigenvalue weighted by Crippen LogP contribution is 2.22. The summed E-state index contributed by atoms with van der Waals surface area (Å²) < 4.78 is 1.13. The molecule has 0 aliphatic carbocycles. The third-order valence-corrected chi connectivity index (χ3v) is 3.27. The minimum absolute atomic E-state index is 1.13. The minimum Gasteiger partial charge on any atom is -0.0622 e. The lowest BCUT2D eigenvalue weighted by Gasteiger charge is -2.04. The Bertz CT molecular complexity index is 585. The summed E-state index contributed by atoms with van der Waals surface area (Å²) >= 11 is 3.43. The summed E-state index contributed by atoms with van der Waals surface area (Å²) in [5, 5.41) is 0. The van der Waals surface area contributed by atoms with E-state index in [1.54, 1.807) is 0 Å². The second-order valence-electron chi connectivity index (χ2n) is 4.55. The van der Waals surface area contributed by atoms with Crippen molar-refractivity contribution in [3.8, 4) is 11.1 Å². The molecule has 0 saturated carbocycles. The van der Waals surface area contributed by atoms with Crippen LogP contribution in [0.1, 0.15) is 19.4 Å². The average Bonchev–Trinajstić information content (AvgIpc) is 2.46. The third-order valence-electron chi connectivity index (χ3n) is 3.01. The van der Waals surface area contributed by atoms with Gasteiger partial charge in [-0.25, -0.2) is 0 Å². The first-order valence-corrected chi connectivity index (χ1v) is 7.12. The topological polar surface area (TPSA) is 0 Å². The maximum Gasteiger partial charge on any atom is -0.00803 e. The van der Waals surface area contributed by atoms with E-state index in [0.29, 0.717) is 0 Å². The Hall–Kier alpha value is -1.60. The first-order valence-electron chi connectivity index (χ1n) is 6.33. The highest BCUT2D eigenvalue weighted by atomic mass is 79.9. The van der Waals surface area contributed by atoms with Gasteiger partial charge in [0, 0.05) is 0 Å². The predicted molar refractivity (Wildman–Crippen MR) is 88.2 cm³/mol. The molecular formula is C18H17Br. The fourth-order valence-electron chi connectivity index (χ4n) is 1.89. The Balaban J connectivity index is 2.24. The lowest BCUT2D eigenvalue weighted by atomic mass is 10.0. The lowest BCUT2D eigenvalue weighted by molar-refractivity contribution is 1.54. The van der Waals surface area contributed by atoms with Crippen LogP contribution in [-0.4, -0.2) is 0 Å². The van der Waals surface area contributed by atoms with Crippen molar-refractivity contribution in [2.75, 3.05) is 0 Å². The van der Waals surface area contributed by atoms with Crippen molar-refractivity contribution in [2.24, 2.45) is 0 Å². The molecule has 1 heteroatoms. The van der Waals surface area contributed by atoms with E-state index in [-0.39, 0.29) is 0 Å². The molecule has 0 amide bonds. The molecule has 0 fully saturated rings. The van der Waals surface area contributed by atoms with Gasteiger partial charge in [0.05, 0.1) is 0 Å². The molecule has 0 saturated heterocycles. The average molecular weight is 313 g/mol. The third kappa shape index (κ3) is 3.93. The molecule has 0 unspecified atom stereocenters. The van der Waals surface area contributed by atoms with Crippen molar-refractivity contribution in [1.82, 2.24) is 0 Å². The van der Waals surface area contributed by atoms with Crippen LogP contribution in [0.4, 0.5) is 0 Å². The molecule has 0 aromatic heterocycles. The maximum atomic E-state index is 3.43. The number of hydrogen-bond acceptors (Lipinski definition) is 0. The van der Waals surface area contributed by atoms with E-state index in [9.17, 15) is 0 Å². The Kier molecular flexibility index (Phi) is 4.75. The smallest absolute Gasteiger partial charge is 0.00803 e. The normalized spacial score (nSPS) is 12.6. The van der Waals surface area contributed by atoms with E-state index >= 15 is 0 Å². The van der Waals surface area contributed by atoms with Gasteiger partial charge in [-0.15, -0.1) is 0 Å². The molecule has 2 aromatic carbocycles. The second kappa shape index (κ2) is 6.53. The lowest BCUT2D eigenvalue weighted by Crippen LogP contribution is -1.81. The zero-order chi connectivity index (χ0) is 13.7. The Morgan fingerprint density at radius 2 is 1.37 bits per heavy atom. The van der Waals surface area contributed by atoms with Gasteiger partial charge in [-0.2, -0.15) is 0 Å². The molecule has 0 atom stereocenters. The molecule has 19 heavy (non-hydrogen) atoms. The fourth-order valence-corrected chi connectivity index (χ4v) is 2.02. The zero-order valence-electron chi connectivity index (χ0n) is 11.2. The van der Waals surface area contributed by atoms with Crippen LogP contribution < -0.4 is 0 Å². The molecule has 0 aliphatic rings. The molecule has 2 rings (SSSR count). The van der Waals surface area contributed by atoms with Crippen molar-refractivity contribution in [1.29, 1.82) is 0 Å². The van der Waals surface area contributed by atoms with E-state index < -0.39 is 0 Å². The summed E-state index contributed by atoms with van der Waals surface area (Å²) in [6.07, 6.45) is 4.20. The van der Waals surface area contributed by atoms with E-state index in [1.165, 1.54) is 22.3 Å². The summed E-state index contributed by atoms with van der Waals surface area (Å²) in [6, 6.07) is 19.1. The molecule has 0 aliphatic heterocycles. The van der Waals surface area contributed by atoms with Crippen LogP contribution in [0.5, 0.6) is 0 Å². The van der Waals surface area contributed by atoms with Crippen LogP contribution in [0, 0.1) is 0 Å². The molecule has 0 radical (unpaired) electrons. The van der Waals surface area contributed by atoms with Gasteiger partial charge in [0.15, 0.2) is 0 Å². The summed E-state index contributed by atoms with van der Waals surface area (Å²) in [7, 11) is 0. The van der Waals surface area contributed by atoms with Crippen molar-refractivity contribution in [2.45, 2.75) is 13.8 Å². The summed E-state index contributed by atoms with van der Waals surface area (Å²) in [5.41, 5.74) is 5.03. The van der Waals surface area contributed by atoms with Crippen LogP contribution in [0.15, 0.2) is 71.2 Å².